The Labute approximate surface area is 151 Å². The van der Waals surface area contributed by atoms with Gasteiger partial charge in [-0.3, -0.25) is 4.79 Å². The van der Waals surface area contributed by atoms with Crippen LogP contribution in [0.3, 0.4) is 0 Å². The molecule has 2 atom stereocenters. The van der Waals surface area contributed by atoms with Crippen LogP contribution in [0.25, 0.3) is 0 Å². The summed E-state index contributed by atoms with van der Waals surface area (Å²) in [6.45, 7) is 2.59. The maximum atomic E-state index is 13.2. The number of imidazole rings is 1. The number of amides is 1. The third kappa shape index (κ3) is 3.12. The van der Waals surface area contributed by atoms with Gasteiger partial charge in [-0.05, 0) is 30.2 Å². The molecule has 2 aliphatic rings. The third-order valence-electron chi connectivity index (χ3n) is 4.96. The topological polar surface area (TPSA) is 59.4 Å². The average molecular weight is 361 g/mol. The first kappa shape index (κ1) is 16.4. The Morgan fingerprint density at radius 2 is 2.32 bits per heavy atom. The Kier molecular flexibility index (Phi) is 4.39. The Morgan fingerprint density at radius 3 is 3.12 bits per heavy atom. The van der Waals surface area contributed by atoms with Crippen LogP contribution in [-0.2, 0) is 18.3 Å². The maximum absolute atomic E-state index is 13.2. The van der Waals surface area contributed by atoms with Gasteiger partial charge in [0.15, 0.2) is 0 Å². The van der Waals surface area contributed by atoms with Crippen molar-refractivity contribution in [3.05, 3.63) is 47.0 Å². The second kappa shape index (κ2) is 6.69. The number of ether oxygens (including phenoxy) is 1. The van der Waals surface area contributed by atoms with Gasteiger partial charge in [-0.2, -0.15) is 0 Å². The lowest BCUT2D eigenvalue weighted by atomic mass is 9.94. The minimum Gasteiger partial charge on any atom is -0.492 e. The normalized spacial score (nSPS) is 23.0. The Balaban J connectivity index is 1.56. The van der Waals surface area contributed by atoms with E-state index in [0.717, 1.165) is 23.7 Å². The molecule has 1 N–H and O–H groups in total. The van der Waals surface area contributed by atoms with Gasteiger partial charge in [0.25, 0.3) is 0 Å². The molecule has 3 heterocycles. The SMILES string of the molecule is Cn1ccnc1C1CNCCN1C(=O)C1COc2ccc(Cl)cc2C1. The van der Waals surface area contributed by atoms with Crippen LogP contribution < -0.4 is 10.1 Å². The van der Waals surface area contributed by atoms with Crippen LogP contribution in [0.1, 0.15) is 17.4 Å². The smallest absolute Gasteiger partial charge is 0.230 e. The number of rotatable bonds is 2. The fraction of sp³-hybridized carbons (Fsp3) is 0.444. The zero-order valence-corrected chi connectivity index (χ0v) is 14.9. The number of hydrogen-bond acceptors (Lipinski definition) is 4. The zero-order chi connectivity index (χ0) is 17.4. The molecule has 6 nitrogen and oxygen atoms in total. The van der Waals surface area contributed by atoms with Gasteiger partial charge in [0, 0.05) is 44.1 Å². The lowest BCUT2D eigenvalue weighted by Crippen LogP contribution is -2.52. The molecule has 1 amide bonds. The highest BCUT2D eigenvalue weighted by Crippen LogP contribution is 2.32. The number of carbonyl (C=O) groups is 1. The van der Waals surface area contributed by atoms with Gasteiger partial charge in [-0.1, -0.05) is 11.6 Å². The van der Waals surface area contributed by atoms with E-state index >= 15 is 0 Å². The number of piperazine rings is 1. The van der Waals surface area contributed by atoms with Crippen LogP contribution in [0.15, 0.2) is 30.6 Å². The summed E-state index contributed by atoms with van der Waals surface area (Å²) in [6, 6.07) is 5.53. The molecule has 1 aromatic heterocycles. The van der Waals surface area contributed by atoms with Gasteiger partial charge in [0.1, 0.15) is 24.2 Å². The number of carbonyl (C=O) groups excluding carboxylic acids is 1. The highest BCUT2D eigenvalue weighted by molar-refractivity contribution is 6.30. The molecular weight excluding hydrogens is 340 g/mol. The highest BCUT2D eigenvalue weighted by atomic mass is 35.5. The van der Waals surface area contributed by atoms with Gasteiger partial charge in [0.2, 0.25) is 5.91 Å². The summed E-state index contributed by atoms with van der Waals surface area (Å²) in [5.74, 6) is 1.67. The first-order valence-corrected chi connectivity index (χ1v) is 8.91. The fourth-order valence-corrected chi connectivity index (χ4v) is 3.85. The molecule has 1 saturated heterocycles. The van der Waals surface area contributed by atoms with E-state index in [1.54, 1.807) is 6.20 Å². The lowest BCUT2D eigenvalue weighted by molar-refractivity contribution is -0.140. The number of fused-ring (bicyclic) bond motifs is 1. The molecule has 2 aliphatic heterocycles. The second-order valence-electron chi connectivity index (χ2n) is 6.61. The van der Waals surface area contributed by atoms with Crippen molar-refractivity contribution in [1.29, 1.82) is 0 Å². The van der Waals surface area contributed by atoms with E-state index in [4.69, 9.17) is 16.3 Å². The van der Waals surface area contributed by atoms with Gasteiger partial charge < -0.3 is 19.5 Å². The predicted molar refractivity (Wildman–Crippen MR) is 94.7 cm³/mol. The lowest BCUT2D eigenvalue weighted by Gasteiger charge is -2.38. The highest BCUT2D eigenvalue weighted by Gasteiger charge is 2.36. The first-order chi connectivity index (χ1) is 12.1. The van der Waals surface area contributed by atoms with Crippen molar-refractivity contribution in [2.24, 2.45) is 13.0 Å². The van der Waals surface area contributed by atoms with E-state index in [2.05, 4.69) is 10.3 Å². The fourth-order valence-electron chi connectivity index (χ4n) is 3.65. The molecule has 132 valence electrons. The van der Waals surface area contributed by atoms with Crippen LogP contribution in [0, 0.1) is 5.92 Å². The van der Waals surface area contributed by atoms with E-state index in [9.17, 15) is 4.79 Å². The molecule has 1 fully saturated rings. The van der Waals surface area contributed by atoms with Crippen molar-refractivity contribution >= 4 is 17.5 Å². The van der Waals surface area contributed by atoms with Gasteiger partial charge >= 0.3 is 0 Å². The van der Waals surface area contributed by atoms with Gasteiger partial charge in [0.05, 0.1) is 5.92 Å². The Hall–Kier alpha value is -2.05. The van der Waals surface area contributed by atoms with Crippen LogP contribution in [-0.4, -0.2) is 46.6 Å². The number of aryl methyl sites for hydroxylation is 1. The number of nitrogens with one attached hydrogen (secondary N) is 1. The summed E-state index contributed by atoms with van der Waals surface area (Å²) in [7, 11) is 1.96. The average Bonchev–Trinajstić information content (AvgIpc) is 3.06. The summed E-state index contributed by atoms with van der Waals surface area (Å²) >= 11 is 6.09. The van der Waals surface area contributed by atoms with E-state index in [1.165, 1.54) is 0 Å². The molecule has 2 unspecified atom stereocenters. The molecule has 1 aromatic carbocycles. The zero-order valence-electron chi connectivity index (χ0n) is 14.1. The molecule has 0 saturated carbocycles. The van der Waals surface area contributed by atoms with Crippen molar-refractivity contribution in [3.63, 3.8) is 0 Å². The summed E-state index contributed by atoms with van der Waals surface area (Å²) < 4.78 is 7.79. The molecule has 2 aromatic rings. The predicted octanol–water partition coefficient (Wildman–Crippen LogP) is 1.80. The number of nitrogens with zero attached hydrogens (tertiary/aromatic N) is 3. The monoisotopic (exact) mass is 360 g/mol. The van der Waals surface area contributed by atoms with Crippen LogP contribution in [0.2, 0.25) is 5.02 Å². The van der Waals surface area contributed by atoms with Crippen LogP contribution >= 0.6 is 11.6 Å². The molecule has 25 heavy (non-hydrogen) atoms. The van der Waals surface area contributed by atoms with Crippen molar-refractivity contribution in [3.8, 4) is 5.75 Å². The summed E-state index contributed by atoms with van der Waals surface area (Å²) in [6.07, 6.45) is 4.34. The van der Waals surface area contributed by atoms with Gasteiger partial charge in [-0.25, -0.2) is 4.98 Å². The van der Waals surface area contributed by atoms with E-state index in [0.29, 0.717) is 31.1 Å². The van der Waals surface area contributed by atoms with Crippen molar-refractivity contribution in [2.75, 3.05) is 26.2 Å². The van der Waals surface area contributed by atoms with E-state index in [1.807, 2.05) is 40.9 Å². The molecule has 0 spiro atoms. The number of halogens is 1. The molecule has 4 rings (SSSR count). The Morgan fingerprint density at radius 1 is 1.44 bits per heavy atom. The molecule has 0 aliphatic carbocycles. The molecule has 0 bridgehead atoms. The summed E-state index contributed by atoms with van der Waals surface area (Å²) in [5, 5.41) is 4.04. The van der Waals surface area contributed by atoms with Crippen LogP contribution in [0.4, 0.5) is 0 Å². The van der Waals surface area contributed by atoms with E-state index in [-0.39, 0.29) is 17.9 Å². The molecular formula is C18H21ClN4O2. The number of benzene rings is 1. The first-order valence-electron chi connectivity index (χ1n) is 8.53. The minimum absolute atomic E-state index is 0.0537. The number of hydrogen-bond donors (Lipinski definition) is 1. The van der Waals surface area contributed by atoms with Crippen molar-refractivity contribution < 1.29 is 9.53 Å². The summed E-state index contributed by atoms with van der Waals surface area (Å²) in [4.78, 5) is 19.6. The van der Waals surface area contributed by atoms with Crippen molar-refractivity contribution in [1.82, 2.24) is 19.8 Å². The van der Waals surface area contributed by atoms with Gasteiger partial charge in [-0.15, -0.1) is 0 Å². The summed E-state index contributed by atoms with van der Waals surface area (Å²) in [5.41, 5.74) is 1.00. The van der Waals surface area contributed by atoms with Crippen molar-refractivity contribution in [2.45, 2.75) is 12.5 Å². The quantitative estimate of drug-likeness (QED) is 0.887. The Bertz CT molecular complexity index is 791. The maximum Gasteiger partial charge on any atom is 0.230 e. The van der Waals surface area contributed by atoms with Crippen LogP contribution in [0.5, 0.6) is 5.75 Å². The second-order valence-corrected chi connectivity index (χ2v) is 7.05. The third-order valence-corrected chi connectivity index (χ3v) is 5.20. The largest absolute Gasteiger partial charge is 0.492 e. The molecule has 0 radical (unpaired) electrons. The molecule has 7 heteroatoms. The van der Waals surface area contributed by atoms with E-state index < -0.39 is 0 Å². The number of aromatic nitrogens is 2. The minimum atomic E-state index is -0.188. The standard InChI is InChI=1S/C18H21ClN4O2/c1-22-6-5-21-17(22)15-10-20-4-7-23(15)18(24)13-8-12-9-14(19)2-3-16(12)25-11-13/h2-3,5-6,9,13,15,20H,4,7-8,10-11H2,1H3.